The molecule has 1 aromatic carbocycles. The highest BCUT2D eigenvalue weighted by molar-refractivity contribution is 9.10. The van der Waals surface area contributed by atoms with Crippen molar-refractivity contribution in [1.82, 2.24) is 9.91 Å². The van der Waals surface area contributed by atoms with E-state index in [1.54, 1.807) is 7.11 Å². The number of likely N-dealkylation sites (tertiary alicyclic amines) is 1. The summed E-state index contributed by atoms with van der Waals surface area (Å²) in [4.78, 5) is 2.33. The van der Waals surface area contributed by atoms with Crippen molar-refractivity contribution in [1.29, 1.82) is 0 Å². The van der Waals surface area contributed by atoms with Crippen molar-refractivity contribution >= 4 is 21.6 Å². The lowest BCUT2D eigenvalue weighted by Crippen LogP contribution is -2.57. The lowest BCUT2D eigenvalue weighted by molar-refractivity contribution is 0.0705. The summed E-state index contributed by atoms with van der Waals surface area (Å²) in [5.74, 6) is 0.879. The number of benzene rings is 1. The van der Waals surface area contributed by atoms with Gasteiger partial charge in [-0.1, -0.05) is 0 Å². The van der Waals surface area contributed by atoms with Crippen molar-refractivity contribution in [3.63, 3.8) is 0 Å². The van der Waals surface area contributed by atoms with Crippen molar-refractivity contribution < 1.29 is 4.74 Å². The van der Waals surface area contributed by atoms with Crippen molar-refractivity contribution in [2.45, 2.75) is 12.6 Å². The zero-order valence-electron chi connectivity index (χ0n) is 10.0. The molecule has 3 rings (SSSR count). The number of nitrogens with one attached hydrogen (secondary N) is 1. The van der Waals surface area contributed by atoms with E-state index in [0.717, 1.165) is 29.9 Å². The molecule has 0 spiro atoms. The Morgan fingerprint density at radius 2 is 2.18 bits per heavy atom. The molecule has 0 unspecified atom stereocenters. The number of hydrazine groups is 1. The Balaban J connectivity index is 1.79. The molecule has 92 valence electrons. The largest absolute Gasteiger partial charge is 0.495 e. The van der Waals surface area contributed by atoms with Crippen LogP contribution in [0.4, 0.5) is 5.69 Å². The Labute approximate surface area is 110 Å². The summed E-state index contributed by atoms with van der Waals surface area (Å²) >= 11 is 3.53. The average Bonchev–Trinajstić information content (AvgIpc) is 2.65. The third-order valence-electron chi connectivity index (χ3n) is 3.47. The predicted octanol–water partition coefficient (Wildman–Crippen LogP) is 1.91. The second-order valence-electron chi connectivity index (χ2n) is 4.76. The van der Waals surface area contributed by atoms with Crippen LogP contribution in [0.3, 0.4) is 0 Å². The van der Waals surface area contributed by atoms with E-state index in [0.29, 0.717) is 6.04 Å². The number of methoxy groups -OCH3 is 1. The Morgan fingerprint density at radius 1 is 1.41 bits per heavy atom. The molecule has 2 heterocycles. The van der Waals surface area contributed by atoms with E-state index in [2.05, 4.69) is 50.4 Å². The van der Waals surface area contributed by atoms with Crippen LogP contribution in [0.25, 0.3) is 0 Å². The Morgan fingerprint density at radius 3 is 2.82 bits per heavy atom. The number of likely N-dealkylation sites (N-methyl/N-ethyl adjacent to an activating group) is 1. The van der Waals surface area contributed by atoms with Crippen LogP contribution < -0.4 is 10.2 Å². The fourth-order valence-corrected chi connectivity index (χ4v) is 3.00. The summed E-state index contributed by atoms with van der Waals surface area (Å²) in [6.07, 6.45) is 0. The van der Waals surface area contributed by atoms with Gasteiger partial charge in [-0.3, -0.25) is 0 Å². The molecule has 0 saturated carbocycles. The fourth-order valence-electron chi connectivity index (χ4n) is 2.45. The van der Waals surface area contributed by atoms with Gasteiger partial charge in [0, 0.05) is 25.7 Å². The molecule has 0 aliphatic carbocycles. The Kier molecular flexibility index (Phi) is 2.77. The van der Waals surface area contributed by atoms with E-state index >= 15 is 0 Å². The number of fused-ring (bicyclic) bond motifs is 1. The highest BCUT2D eigenvalue weighted by Gasteiger charge is 2.33. The fraction of sp³-hybridized carbons (Fsp3) is 0.500. The Hall–Kier alpha value is -0.780. The molecule has 2 aliphatic rings. The summed E-state index contributed by atoms with van der Waals surface area (Å²) in [7, 11) is 3.85. The van der Waals surface area contributed by atoms with E-state index in [1.165, 1.54) is 11.3 Å². The van der Waals surface area contributed by atoms with Crippen LogP contribution in [-0.4, -0.2) is 43.2 Å². The van der Waals surface area contributed by atoms with Crippen LogP contribution in [0.5, 0.6) is 5.75 Å². The lowest BCUT2D eigenvalue weighted by atomic mass is 10.1. The van der Waals surface area contributed by atoms with Crippen LogP contribution in [0, 0.1) is 0 Å². The van der Waals surface area contributed by atoms with Crippen LogP contribution in [-0.2, 0) is 6.54 Å². The van der Waals surface area contributed by atoms with Gasteiger partial charge >= 0.3 is 0 Å². The van der Waals surface area contributed by atoms with Crippen LogP contribution >= 0.6 is 15.9 Å². The maximum absolute atomic E-state index is 5.31. The zero-order valence-corrected chi connectivity index (χ0v) is 11.6. The first-order chi connectivity index (χ1) is 8.17. The summed E-state index contributed by atoms with van der Waals surface area (Å²) in [6, 6.07) is 4.82. The predicted molar refractivity (Wildman–Crippen MR) is 71.1 cm³/mol. The molecular formula is C12H16BrN3O. The molecule has 0 radical (unpaired) electrons. The third kappa shape index (κ3) is 1.92. The van der Waals surface area contributed by atoms with Crippen LogP contribution in [0.15, 0.2) is 16.6 Å². The van der Waals surface area contributed by atoms with Gasteiger partial charge in [-0.2, -0.15) is 0 Å². The van der Waals surface area contributed by atoms with E-state index < -0.39 is 0 Å². The van der Waals surface area contributed by atoms with Crippen molar-refractivity contribution in [3.8, 4) is 5.75 Å². The molecule has 0 aromatic heterocycles. The average molecular weight is 298 g/mol. The SMILES string of the molecule is COc1cc2c(cc1Br)CN(C1CN(C)C1)N2. The number of ether oxygens (including phenoxy) is 1. The molecule has 1 fully saturated rings. The minimum atomic E-state index is 0.622. The van der Waals surface area contributed by atoms with Crippen molar-refractivity contribution in [3.05, 3.63) is 22.2 Å². The molecule has 1 N–H and O–H groups in total. The molecule has 2 aliphatic heterocycles. The molecule has 17 heavy (non-hydrogen) atoms. The standard InChI is InChI=1S/C12H16BrN3O/c1-15-6-9(7-15)16-5-8-3-10(13)12(17-2)4-11(8)14-16/h3-4,9,14H,5-7H2,1-2H3. The first-order valence-corrected chi connectivity index (χ1v) is 6.55. The first kappa shape index (κ1) is 11.3. The molecule has 0 atom stereocenters. The van der Waals surface area contributed by atoms with Crippen molar-refractivity contribution in [2.75, 3.05) is 32.7 Å². The lowest BCUT2D eigenvalue weighted by Gasteiger charge is -2.41. The molecule has 0 amide bonds. The number of hydrogen-bond donors (Lipinski definition) is 1. The smallest absolute Gasteiger partial charge is 0.135 e. The first-order valence-electron chi connectivity index (χ1n) is 5.75. The highest BCUT2D eigenvalue weighted by atomic mass is 79.9. The molecule has 0 bridgehead atoms. The number of rotatable bonds is 2. The van der Waals surface area contributed by atoms with Gasteiger partial charge in [-0.15, -0.1) is 0 Å². The van der Waals surface area contributed by atoms with E-state index in [1.807, 2.05) is 0 Å². The van der Waals surface area contributed by atoms with E-state index in [4.69, 9.17) is 4.74 Å². The molecular weight excluding hydrogens is 282 g/mol. The number of hydrogen-bond acceptors (Lipinski definition) is 4. The van der Waals surface area contributed by atoms with Gasteiger partial charge < -0.3 is 15.1 Å². The van der Waals surface area contributed by atoms with E-state index in [-0.39, 0.29) is 0 Å². The van der Waals surface area contributed by atoms with E-state index in [9.17, 15) is 0 Å². The van der Waals surface area contributed by atoms with Crippen molar-refractivity contribution in [2.24, 2.45) is 0 Å². The second kappa shape index (κ2) is 4.15. The summed E-state index contributed by atoms with van der Waals surface area (Å²) < 4.78 is 6.33. The molecule has 4 nitrogen and oxygen atoms in total. The Bertz CT molecular complexity index is 446. The topological polar surface area (TPSA) is 27.7 Å². The van der Waals surface area contributed by atoms with Gasteiger partial charge in [0.15, 0.2) is 0 Å². The normalized spacial score (nSPS) is 20.9. The quantitative estimate of drug-likeness (QED) is 0.903. The van der Waals surface area contributed by atoms with Gasteiger partial charge in [0.1, 0.15) is 5.75 Å². The summed E-state index contributed by atoms with van der Waals surface area (Å²) in [5, 5.41) is 2.32. The number of nitrogens with zero attached hydrogens (tertiary/aromatic N) is 2. The zero-order chi connectivity index (χ0) is 12.0. The monoisotopic (exact) mass is 297 g/mol. The van der Waals surface area contributed by atoms with Gasteiger partial charge in [-0.25, -0.2) is 5.01 Å². The van der Waals surface area contributed by atoms with Gasteiger partial charge in [0.2, 0.25) is 0 Å². The van der Waals surface area contributed by atoms with Crippen LogP contribution in [0.1, 0.15) is 5.56 Å². The number of halogens is 1. The maximum atomic E-state index is 5.31. The van der Waals surface area contributed by atoms with Gasteiger partial charge in [-0.05, 0) is 34.6 Å². The minimum Gasteiger partial charge on any atom is -0.495 e. The molecule has 5 heteroatoms. The third-order valence-corrected chi connectivity index (χ3v) is 4.09. The maximum Gasteiger partial charge on any atom is 0.135 e. The van der Waals surface area contributed by atoms with Crippen LogP contribution in [0.2, 0.25) is 0 Å². The van der Waals surface area contributed by atoms with Gasteiger partial charge in [0.05, 0.1) is 23.3 Å². The number of anilines is 1. The second-order valence-corrected chi connectivity index (χ2v) is 5.61. The summed E-state index contributed by atoms with van der Waals surface area (Å²) in [6.45, 7) is 3.25. The molecule has 1 saturated heterocycles. The highest BCUT2D eigenvalue weighted by Crippen LogP contribution is 2.36. The molecule has 1 aromatic rings. The van der Waals surface area contributed by atoms with Gasteiger partial charge in [0.25, 0.3) is 0 Å². The minimum absolute atomic E-state index is 0.622. The summed E-state index contributed by atoms with van der Waals surface area (Å²) in [5.41, 5.74) is 5.96.